The first-order valence-electron chi connectivity index (χ1n) is 9.65. The van der Waals surface area contributed by atoms with E-state index in [1.807, 2.05) is 30.3 Å². The van der Waals surface area contributed by atoms with Gasteiger partial charge in [-0.3, -0.25) is 9.36 Å². The molecule has 8 nitrogen and oxygen atoms in total. The van der Waals surface area contributed by atoms with E-state index in [-0.39, 0.29) is 18.8 Å². The normalized spacial score (nSPS) is 12.4. The van der Waals surface area contributed by atoms with E-state index in [0.29, 0.717) is 17.2 Å². The Balaban J connectivity index is 1.90. The minimum absolute atomic E-state index is 0.0781. The van der Waals surface area contributed by atoms with Crippen LogP contribution in [0.15, 0.2) is 70.7 Å². The molecule has 3 rings (SSSR count). The number of aryl methyl sites for hydroxylation is 1. The molecule has 0 saturated carbocycles. The van der Waals surface area contributed by atoms with Gasteiger partial charge in [0, 0.05) is 18.5 Å². The molecule has 1 aromatic heterocycles. The highest BCUT2D eigenvalue weighted by Gasteiger charge is 2.22. The van der Waals surface area contributed by atoms with Gasteiger partial charge in [-0.05, 0) is 31.0 Å². The van der Waals surface area contributed by atoms with Crippen molar-refractivity contribution in [2.45, 2.75) is 24.5 Å². The predicted octanol–water partition coefficient (Wildman–Crippen LogP) is 2.02. The number of nitrogens with zero attached hydrogens (tertiary/aromatic N) is 2. The highest BCUT2D eigenvalue weighted by molar-refractivity contribution is 7.91. The van der Waals surface area contributed by atoms with Gasteiger partial charge in [-0.2, -0.15) is 0 Å². The second-order valence-electron chi connectivity index (χ2n) is 6.96. The van der Waals surface area contributed by atoms with Crippen molar-refractivity contribution in [2.24, 2.45) is 0 Å². The monoisotopic (exact) mass is 444 g/mol. The number of ether oxygens (including phenoxy) is 2. The number of rotatable bonds is 9. The Morgan fingerprint density at radius 1 is 1.13 bits per heavy atom. The maximum atomic E-state index is 12.9. The summed E-state index contributed by atoms with van der Waals surface area (Å²) in [6.07, 6.45) is 2.29. The van der Waals surface area contributed by atoms with Gasteiger partial charge >= 0.3 is 0 Å². The zero-order chi connectivity index (χ0) is 22.4. The lowest BCUT2D eigenvalue weighted by molar-refractivity contribution is 0.120. The summed E-state index contributed by atoms with van der Waals surface area (Å²) in [4.78, 5) is 16.8. The third-order valence-corrected chi connectivity index (χ3v) is 6.12. The Morgan fingerprint density at radius 3 is 2.55 bits per heavy atom. The molecule has 0 spiro atoms. The molecule has 31 heavy (non-hydrogen) atoms. The smallest absolute Gasteiger partial charge is 0.292 e. The van der Waals surface area contributed by atoms with Crippen LogP contribution in [0, 0.1) is 0 Å². The Bertz CT molecular complexity index is 1190. The van der Waals surface area contributed by atoms with E-state index in [1.54, 1.807) is 25.1 Å². The first-order chi connectivity index (χ1) is 14.8. The van der Waals surface area contributed by atoms with Crippen LogP contribution in [0.4, 0.5) is 0 Å². The zero-order valence-corrected chi connectivity index (χ0v) is 18.1. The van der Waals surface area contributed by atoms with E-state index in [0.717, 1.165) is 5.56 Å². The van der Waals surface area contributed by atoms with E-state index in [4.69, 9.17) is 9.47 Å². The van der Waals surface area contributed by atoms with Crippen LogP contribution in [0.1, 0.15) is 12.5 Å². The lowest BCUT2D eigenvalue weighted by atomic mass is 10.2. The number of aromatic nitrogens is 2. The van der Waals surface area contributed by atoms with Crippen LogP contribution in [0.2, 0.25) is 0 Å². The number of benzene rings is 2. The van der Waals surface area contributed by atoms with Gasteiger partial charge in [0.1, 0.15) is 6.61 Å². The average Bonchev–Trinajstić information content (AvgIpc) is 2.77. The van der Waals surface area contributed by atoms with Gasteiger partial charge in [-0.25, -0.2) is 13.4 Å². The van der Waals surface area contributed by atoms with Gasteiger partial charge in [0.05, 0.1) is 24.7 Å². The average molecular weight is 445 g/mol. The summed E-state index contributed by atoms with van der Waals surface area (Å²) in [7, 11) is -2.44. The van der Waals surface area contributed by atoms with Crippen LogP contribution >= 0.6 is 0 Å². The largest absolute Gasteiger partial charge is 0.493 e. The van der Waals surface area contributed by atoms with Crippen molar-refractivity contribution in [3.05, 3.63) is 76.8 Å². The minimum Gasteiger partial charge on any atom is -0.493 e. The fraction of sp³-hybridized carbons (Fsp3) is 0.273. The summed E-state index contributed by atoms with van der Waals surface area (Å²) < 4.78 is 37.6. The molecule has 0 unspecified atom stereocenters. The van der Waals surface area contributed by atoms with Crippen molar-refractivity contribution in [3.63, 3.8) is 0 Å². The Labute approximate surface area is 180 Å². The summed E-state index contributed by atoms with van der Waals surface area (Å²) >= 11 is 0. The number of aliphatic hydroxyl groups excluding tert-OH is 1. The van der Waals surface area contributed by atoms with E-state index in [9.17, 15) is 18.3 Å². The van der Waals surface area contributed by atoms with Crippen LogP contribution in [0.3, 0.4) is 0 Å². The quantitative estimate of drug-likeness (QED) is 0.538. The van der Waals surface area contributed by atoms with Gasteiger partial charge in [-0.15, -0.1) is 0 Å². The Morgan fingerprint density at radius 2 is 1.87 bits per heavy atom. The molecule has 3 aromatic rings. The lowest BCUT2D eigenvalue weighted by Gasteiger charge is -2.14. The van der Waals surface area contributed by atoms with Crippen LogP contribution in [0.5, 0.6) is 11.5 Å². The topological polar surface area (TPSA) is 108 Å². The highest BCUT2D eigenvalue weighted by Crippen LogP contribution is 2.29. The molecule has 0 fully saturated rings. The first kappa shape index (κ1) is 22.5. The molecule has 1 N–H and O–H groups in total. The minimum atomic E-state index is -3.89. The molecule has 0 aliphatic rings. The number of aliphatic hydroxyl groups is 1. The van der Waals surface area contributed by atoms with Crippen molar-refractivity contribution < 1.29 is 23.0 Å². The van der Waals surface area contributed by atoms with Crippen LogP contribution in [-0.2, 0) is 16.3 Å². The zero-order valence-electron chi connectivity index (χ0n) is 17.3. The van der Waals surface area contributed by atoms with Gasteiger partial charge in [0.25, 0.3) is 5.56 Å². The SMILES string of the molecule is COc1cc(-n2ccnc(S(=O)(=O)CCc3ccccc3)c2=O)ccc1OC[C@@H](C)O. The Hall–Kier alpha value is -3.17. The third kappa shape index (κ3) is 5.50. The van der Waals surface area contributed by atoms with Gasteiger partial charge < -0.3 is 14.6 Å². The fourth-order valence-corrected chi connectivity index (χ4v) is 4.22. The standard InChI is InChI=1S/C22H24N2O6S/c1-16(25)15-30-19-9-8-18(14-20(19)29-2)24-12-11-23-21(22(24)26)31(27,28)13-10-17-6-4-3-5-7-17/h3-9,11-12,14,16,25H,10,13,15H2,1-2H3/t16-/m1/s1. The molecule has 0 aliphatic carbocycles. The van der Waals surface area contributed by atoms with Crippen molar-refractivity contribution in [2.75, 3.05) is 19.5 Å². The summed E-state index contributed by atoms with van der Waals surface area (Å²) in [5.41, 5.74) is 0.517. The number of hydrogen-bond donors (Lipinski definition) is 1. The number of hydrogen-bond acceptors (Lipinski definition) is 7. The van der Waals surface area contributed by atoms with Crippen LogP contribution in [-0.4, -0.2) is 48.6 Å². The summed E-state index contributed by atoms with van der Waals surface area (Å²) in [5, 5.41) is 8.89. The second-order valence-corrected chi connectivity index (χ2v) is 8.98. The molecule has 164 valence electrons. The third-order valence-electron chi connectivity index (χ3n) is 4.51. The first-order valence-corrected chi connectivity index (χ1v) is 11.3. The van der Waals surface area contributed by atoms with Gasteiger partial charge in [-0.1, -0.05) is 30.3 Å². The van der Waals surface area contributed by atoms with Crippen molar-refractivity contribution in [3.8, 4) is 17.2 Å². The lowest BCUT2D eigenvalue weighted by Crippen LogP contribution is -2.27. The molecular formula is C22H24N2O6S. The second kappa shape index (κ2) is 9.76. The summed E-state index contributed by atoms with van der Waals surface area (Å²) in [6, 6.07) is 13.9. The summed E-state index contributed by atoms with van der Waals surface area (Å²) in [6.45, 7) is 1.67. The maximum absolute atomic E-state index is 12.9. The van der Waals surface area contributed by atoms with E-state index in [1.165, 1.54) is 24.1 Å². The summed E-state index contributed by atoms with van der Waals surface area (Å²) in [5.74, 6) is 0.513. The fourth-order valence-electron chi connectivity index (χ4n) is 2.94. The van der Waals surface area contributed by atoms with Gasteiger partial charge in [0.2, 0.25) is 14.9 Å². The molecule has 1 heterocycles. The van der Waals surface area contributed by atoms with Crippen LogP contribution < -0.4 is 15.0 Å². The molecule has 0 amide bonds. The maximum Gasteiger partial charge on any atom is 0.292 e. The van der Waals surface area contributed by atoms with Crippen molar-refractivity contribution in [1.82, 2.24) is 9.55 Å². The Kier molecular flexibility index (Phi) is 7.09. The molecule has 0 bridgehead atoms. The van der Waals surface area contributed by atoms with E-state index < -0.39 is 26.5 Å². The number of sulfone groups is 1. The van der Waals surface area contributed by atoms with E-state index >= 15 is 0 Å². The molecular weight excluding hydrogens is 420 g/mol. The molecule has 0 saturated heterocycles. The van der Waals surface area contributed by atoms with Crippen LogP contribution in [0.25, 0.3) is 5.69 Å². The number of methoxy groups -OCH3 is 1. The highest BCUT2D eigenvalue weighted by atomic mass is 32.2. The van der Waals surface area contributed by atoms with E-state index in [2.05, 4.69) is 4.98 Å². The van der Waals surface area contributed by atoms with Gasteiger partial charge in [0.15, 0.2) is 11.5 Å². The van der Waals surface area contributed by atoms with Crippen molar-refractivity contribution in [1.29, 1.82) is 0 Å². The molecule has 9 heteroatoms. The molecule has 0 aliphatic heterocycles. The predicted molar refractivity (Wildman–Crippen MR) is 116 cm³/mol. The van der Waals surface area contributed by atoms with Crippen molar-refractivity contribution >= 4 is 9.84 Å². The molecule has 2 aromatic carbocycles. The molecule has 1 atom stereocenters. The molecule has 0 radical (unpaired) electrons.